The van der Waals surface area contributed by atoms with Crippen LogP contribution in [0.4, 0.5) is 5.13 Å². The third-order valence-electron chi connectivity index (χ3n) is 3.78. The van der Waals surface area contributed by atoms with Gasteiger partial charge in [-0.2, -0.15) is 0 Å². The molecule has 1 aromatic heterocycles. The van der Waals surface area contributed by atoms with E-state index in [1.807, 2.05) is 5.38 Å². The van der Waals surface area contributed by atoms with Crippen LogP contribution in [0.3, 0.4) is 0 Å². The lowest BCUT2D eigenvalue weighted by Gasteiger charge is -2.06. The number of rotatable bonds is 2. The molecule has 1 aliphatic rings. The number of nitrogens with one attached hydrogen (secondary N) is 1. The number of benzene rings is 2. The lowest BCUT2D eigenvalue weighted by molar-refractivity contribution is 1.02. The monoisotopic (exact) mass is 267 g/mol. The van der Waals surface area contributed by atoms with Gasteiger partial charge in [0.05, 0.1) is 5.69 Å². The summed E-state index contributed by atoms with van der Waals surface area (Å²) >= 11 is 1.53. The van der Waals surface area contributed by atoms with Crippen LogP contribution in [0.5, 0.6) is 0 Å². The molecule has 4 rings (SSSR count). The van der Waals surface area contributed by atoms with Crippen LogP contribution in [-0.4, -0.2) is 4.98 Å². The molecule has 0 fully saturated rings. The molecular weight excluding hydrogens is 254 g/mol. The number of hydrazine groups is 1. The number of nitrogens with two attached hydrogens (primary N) is 1. The Morgan fingerprint density at radius 2 is 1.95 bits per heavy atom. The average Bonchev–Trinajstić information content (AvgIpc) is 3.08. The fourth-order valence-corrected chi connectivity index (χ4v) is 3.56. The Morgan fingerprint density at radius 3 is 2.74 bits per heavy atom. The zero-order valence-electron chi connectivity index (χ0n) is 10.3. The summed E-state index contributed by atoms with van der Waals surface area (Å²) < 4.78 is 0. The van der Waals surface area contributed by atoms with Crippen molar-refractivity contribution in [3.63, 3.8) is 0 Å². The van der Waals surface area contributed by atoms with Gasteiger partial charge < -0.3 is 0 Å². The van der Waals surface area contributed by atoms with E-state index in [0.29, 0.717) is 0 Å². The largest absolute Gasteiger partial charge is 0.300 e. The maximum absolute atomic E-state index is 5.41. The molecule has 0 saturated heterocycles. The molecule has 1 aliphatic carbocycles. The Hall–Kier alpha value is -1.91. The summed E-state index contributed by atoms with van der Waals surface area (Å²) in [4.78, 5) is 4.51. The van der Waals surface area contributed by atoms with Crippen molar-refractivity contribution in [3.8, 4) is 11.3 Å². The molecule has 0 bridgehead atoms. The summed E-state index contributed by atoms with van der Waals surface area (Å²) in [5.74, 6) is 5.41. The minimum absolute atomic E-state index is 0.748. The predicted molar refractivity (Wildman–Crippen MR) is 80.3 cm³/mol. The number of thiazole rings is 1. The van der Waals surface area contributed by atoms with Crippen LogP contribution >= 0.6 is 11.3 Å². The van der Waals surface area contributed by atoms with Crippen molar-refractivity contribution in [1.82, 2.24) is 4.98 Å². The molecule has 0 aliphatic heterocycles. The van der Waals surface area contributed by atoms with Crippen LogP contribution in [0, 0.1) is 0 Å². The zero-order valence-corrected chi connectivity index (χ0v) is 11.1. The van der Waals surface area contributed by atoms with Crippen LogP contribution in [0.25, 0.3) is 22.0 Å². The summed E-state index contributed by atoms with van der Waals surface area (Å²) in [7, 11) is 0. The first-order valence-corrected chi connectivity index (χ1v) is 7.21. The minimum atomic E-state index is 0.748. The molecule has 0 saturated carbocycles. The highest BCUT2D eigenvalue weighted by Gasteiger charge is 2.17. The first-order chi connectivity index (χ1) is 9.36. The maximum atomic E-state index is 5.41. The zero-order chi connectivity index (χ0) is 12.8. The normalized spacial score (nSPS) is 13.1. The number of nitrogens with zero attached hydrogens (tertiary/aromatic N) is 1. The fourth-order valence-electron chi connectivity index (χ4n) is 2.93. The molecule has 0 atom stereocenters. The topological polar surface area (TPSA) is 50.9 Å². The molecule has 19 heavy (non-hydrogen) atoms. The molecule has 2 aromatic carbocycles. The first-order valence-electron chi connectivity index (χ1n) is 6.33. The van der Waals surface area contributed by atoms with Gasteiger partial charge in [-0.1, -0.05) is 30.3 Å². The average molecular weight is 267 g/mol. The SMILES string of the molecule is NNc1nc(-c2ccc3c4c(cccc24)CC3)cs1. The van der Waals surface area contributed by atoms with Crippen molar-refractivity contribution in [1.29, 1.82) is 0 Å². The van der Waals surface area contributed by atoms with Crippen molar-refractivity contribution < 1.29 is 0 Å². The van der Waals surface area contributed by atoms with Crippen LogP contribution in [0.15, 0.2) is 35.7 Å². The van der Waals surface area contributed by atoms with Crippen LogP contribution in [0.2, 0.25) is 0 Å². The van der Waals surface area contributed by atoms with Gasteiger partial charge in [-0.05, 0) is 34.7 Å². The molecule has 3 aromatic rings. The van der Waals surface area contributed by atoms with Crippen molar-refractivity contribution in [2.45, 2.75) is 12.8 Å². The van der Waals surface area contributed by atoms with E-state index in [1.165, 1.54) is 38.8 Å². The highest BCUT2D eigenvalue weighted by atomic mass is 32.1. The highest BCUT2D eigenvalue weighted by molar-refractivity contribution is 7.14. The van der Waals surface area contributed by atoms with E-state index < -0.39 is 0 Å². The standard InChI is InChI=1S/C15H13N3S/c16-18-15-17-13(8-19-15)11-7-6-10-5-4-9-2-1-3-12(11)14(9)10/h1-3,6-8H,4-5,16H2,(H,17,18). The number of aromatic nitrogens is 1. The summed E-state index contributed by atoms with van der Waals surface area (Å²) in [5, 5.41) is 5.53. The Morgan fingerprint density at radius 1 is 1.11 bits per heavy atom. The van der Waals surface area contributed by atoms with E-state index >= 15 is 0 Å². The maximum Gasteiger partial charge on any atom is 0.197 e. The molecule has 0 amide bonds. The third-order valence-corrected chi connectivity index (χ3v) is 4.55. The Labute approximate surface area is 115 Å². The first kappa shape index (κ1) is 11.0. The van der Waals surface area contributed by atoms with E-state index in [9.17, 15) is 0 Å². The number of anilines is 1. The van der Waals surface area contributed by atoms with Gasteiger partial charge in [0.1, 0.15) is 0 Å². The highest BCUT2D eigenvalue weighted by Crippen LogP contribution is 2.37. The second-order valence-electron chi connectivity index (χ2n) is 4.79. The van der Waals surface area contributed by atoms with E-state index in [2.05, 4.69) is 40.7 Å². The lowest BCUT2D eigenvalue weighted by Crippen LogP contribution is -2.05. The second-order valence-corrected chi connectivity index (χ2v) is 5.65. The summed E-state index contributed by atoms with van der Waals surface area (Å²) in [6.07, 6.45) is 2.31. The Bertz CT molecular complexity index is 766. The van der Waals surface area contributed by atoms with Crippen molar-refractivity contribution in [2.24, 2.45) is 5.84 Å². The van der Waals surface area contributed by atoms with E-state index in [-0.39, 0.29) is 0 Å². The number of nitrogen functional groups attached to an aromatic ring is 1. The molecule has 3 nitrogen and oxygen atoms in total. The van der Waals surface area contributed by atoms with E-state index in [1.54, 1.807) is 0 Å². The van der Waals surface area contributed by atoms with Crippen molar-refractivity contribution >= 4 is 27.2 Å². The quantitative estimate of drug-likeness (QED) is 0.553. The van der Waals surface area contributed by atoms with Gasteiger partial charge in [-0.3, -0.25) is 5.43 Å². The molecule has 0 unspecified atom stereocenters. The summed E-state index contributed by atoms with van der Waals surface area (Å²) in [6.45, 7) is 0. The molecule has 0 spiro atoms. The van der Waals surface area contributed by atoms with Gasteiger partial charge in [0, 0.05) is 10.9 Å². The molecule has 94 valence electrons. The van der Waals surface area contributed by atoms with Crippen molar-refractivity contribution in [2.75, 3.05) is 5.43 Å². The van der Waals surface area contributed by atoms with Crippen LogP contribution in [0.1, 0.15) is 11.1 Å². The number of hydrogen-bond acceptors (Lipinski definition) is 4. The second kappa shape index (κ2) is 4.05. The minimum Gasteiger partial charge on any atom is -0.300 e. The van der Waals surface area contributed by atoms with Crippen LogP contribution in [-0.2, 0) is 12.8 Å². The Balaban J connectivity index is 2.01. The molecular formula is C15H13N3S. The van der Waals surface area contributed by atoms with Gasteiger partial charge in [-0.25, -0.2) is 10.8 Å². The third kappa shape index (κ3) is 1.57. The number of hydrogen-bond donors (Lipinski definition) is 2. The van der Waals surface area contributed by atoms with Crippen LogP contribution < -0.4 is 11.3 Å². The summed E-state index contributed by atoms with van der Waals surface area (Å²) in [5.41, 5.74) is 7.72. The summed E-state index contributed by atoms with van der Waals surface area (Å²) in [6, 6.07) is 11.0. The smallest absolute Gasteiger partial charge is 0.197 e. The van der Waals surface area contributed by atoms with Gasteiger partial charge in [0.25, 0.3) is 0 Å². The molecule has 3 N–H and O–H groups in total. The molecule has 4 heteroatoms. The van der Waals surface area contributed by atoms with E-state index in [0.717, 1.165) is 23.7 Å². The van der Waals surface area contributed by atoms with Gasteiger partial charge in [0.2, 0.25) is 0 Å². The fraction of sp³-hybridized carbons (Fsp3) is 0.133. The Kier molecular flexibility index (Phi) is 2.33. The number of aryl methyl sites for hydroxylation is 2. The van der Waals surface area contributed by atoms with Gasteiger partial charge >= 0.3 is 0 Å². The van der Waals surface area contributed by atoms with Gasteiger partial charge in [0.15, 0.2) is 5.13 Å². The van der Waals surface area contributed by atoms with Crippen molar-refractivity contribution in [3.05, 3.63) is 46.8 Å². The molecule has 1 heterocycles. The predicted octanol–water partition coefficient (Wildman–Crippen LogP) is 3.35. The van der Waals surface area contributed by atoms with Gasteiger partial charge in [-0.15, -0.1) is 11.3 Å². The van der Waals surface area contributed by atoms with E-state index in [4.69, 9.17) is 5.84 Å². The lowest BCUT2D eigenvalue weighted by atomic mass is 9.99. The molecule has 0 radical (unpaired) electrons.